The fraction of sp³-hybridized carbons (Fsp3) is 0.174. The molecule has 0 atom stereocenters. The van der Waals surface area contributed by atoms with Crippen LogP contribution in [0.3, 0.4) is 0 Å². The molecule has 0 N–H and O–H groups in total. The van der Waals surface area contributed by atoms with E-state index in [1.165, 1.54) is 16.7 Å². The minimum atomic E-state index is 0.496. The maximum Gasteiger partial charge on any atom is 0.138 e. The third kappa shape index (κ3) is 4.74. The quantitative estimate of drug-likeness (QED) is 0.468. The van der Waals surface area contributed by atoms with Gasteiger partial charge in [0.15, 0.2) is 0 Å². The molecule has 0 saturated carbocycles. The molecule has 0 amide bonds. The first-order valence-corrected chi connectivity index (χ1v) is 8.98. The van der Waals surface area contributed by atoms with E-state index in [1.54, 1.807) is 0 Å². The third-order valence-electron chi connectivity index (χ3n) is 4.32. The zero-order valence-electron chi connectivity index (χ0n) is 15.3. The molecule has 0 saturated heterocycles. The number of ether oxygens (including phenoxy) is 1. The Hall–Kier alpha value is -2.58. The summed E-state index contributed by atoms with van der Waals surface area (Å²) in [4.78, 5) is 4.53. The van der Waals surface area contributed by atoms with Crippen molar-refractivity contribution in [3.63, 3.8) is 0 Å². The molecule has 0 aliphatic heterocycles. The smallest absolute Gasteiger partial charge is 0.138 e. The van der Waals surface area contributed by atoms with E-state index in [0.29, 0.717) is 17.4 Å². The van der Waals surface area contributed by atoms with Gasteiger partial charge in [-0.2, -0.15) is 0 Å². The lowest BCUT2D eigenvalue weighted by molar-refractivity contribution is 0.306. The zero-order valence-corrected chi connectivity index (χ0v) is 16.0. The largest absolute Gasteiger partial charge is 0.487 e. The van der Waals surface area contributed by atoms with Gasteiger partial charge in [-0.05, 0) is 73.4 Å². The molecule has 0 heterocycles. The van der Waals surface area contributed by atoms with Crippen molar-refractivity contribution in [2.45, 2.75) is 27.4 Å². The number of rotatable bonds is 5. The number of hydrogen-bond donors (Lipinski definition) is 0. The summed E-state index contributed by atoms with van der Waals surface area (Å²) >= 11 is 6.36. The lowest BCUT2D eigenvalue weighted by atomic mass is 10.1. The Morgan fingerprint density at radius 1 is 0.885 bits per heavy atom. The maximum absolute atomic E-state index is 6.36. The van der Waals surface area contributed by atoms with Gasteiger partial charge in [0.2, 0.25) is 0 Å². The number of aryl methyl sites for hydroxylation is 3. The lowest BCUT2D eigenvalue weighted by Gasteiger charge is -2.09. The molecule has 0 aliphatic carbocycles. The van der Waals surface area contributed by atoms with Crippen LogP contribution in [0.15, 0.2) is 65.7 Å². The highest BCUT2D eigenvalue weighted by molar-refractivity contribution is 6.32. The number of aliphatic imine (C=N–C) groups is 1. The van der Waals surface area contributed by atoms with Crippen LogP contribution in [0.25, 0.3) is 0 Å². The minimum Gasteiger partial charge on any atom is -0.487 e. The number of benzene rings is 3. The second kappa shape index (κ2) is 8.20. The molecule has 0 radical (unpaired) electrons. The van der Waals surface area contributed by atoms with Crippen molar-refractivity contribution in [2.24, 2.45) is 4.99 Å². The normalized spacial score (nSPS) is 11.1. The summed E-state index contributed by atoms with van der Waals surface area (Å²) < 4.78 is 5.83. The highest BCUT2D eigenvalue weighted by atomic mass is 35.5. The van der Waals surface area contributed by atoms with Gasteiger partial charge in [0, 0.05) is 6.21 Å². The number of hydrogen-bond acceptors (Lipinski definition) is 2. The monoisotopic (exact) mass is 363 g/mol. The van der Waals surface area contributed by atoms with E-state index in [4.69, 9.17) is 16.3 Å². The van der Waals surface area contributed by atoms with Crippen LogP contribution in [-0.2, 0) is 6.61 Å². The van der Waals surface area contributed by atoms with Gasteiger partial charge in [-0.15, -0.1) is 0 Å². The van der Waals surface area contributed by atoms with Crippen molar-refractivity contribution >= 4 is 23.5 Å². The molecular formula is C23H22ClNO. The number of nitrogens with zero attached hydrogens (tertiary/aromatic N) is 1. The lowest BCUT2D eigenvalue weighted by Crippen LogP contribution is -1.96. The summed E-state index contributed by atoms with van der Waals surface area (Å²) in [5.41, 5.74) is 6.73. The predicted octanol–water partition coefficient (Wildman–Crippen LogP) is 6.59. The highest BCUT2D eigenvalue weighted by Gasteiger charge is 2.03. The van der Waals surface area contributed by atoms with E-state index in [0.717, 1.165) is 16.8 Å². The Kier molecular flexibility index (Phi) is 5.75. The molecule has 3 aromatic rings. The van der Waals surface area contributed by atoms with Crippen LogP contribution in [0.4, 0.5) is 5.69 Å². The summed E-state index contributed by atoms with van der Waals surface area (Å²) in [5.74, 6) is 0.676. The van der Waals surface area contributed by atoms with E-state index in [1.807, 2.05) is 30.5 Å². The standard InChI is InChI=1S/C23H22ClNO/c1-16-4-7-19(8-5-16)15-26-23-11-9-20(13-22(23)24)14-25-21-10-6-17(2)18(3)12-21/h4-14H,15H2,1-3H3. The Morgan fingerprint density at radius 3 is 2.35 bits per heavy atom. The molecule has 0 aromatic heterocycles. The van der Waals surface area contributed by atoms with Gasteiger partial charge in [0.05, 0.1) is 10.7 Å². The first kappa shape index (κ1) is 18.2. The maximum atomic E-state index is 6.36. The Bertz CT molecular complexity index is 929. The predicted molar refractivity (Wildman–Crippen MR) is 110 cm³/mol. The summed E-state index contributed by atoms with van der Waals surface area (Å²) in [6.45, 7) is 6.75. The Morgan fingerprint density at radius 2 is 1.65 bits per heavy atom. The van der Waals surface area contributed by atoms with Crippen LogP contribution < -0.4 is 4.74 Å². The van der Waals surface area contributed by atoms with Crippen LogP contribution in [-0.4, -0.2) is 6.21 Å². The fourth-order valence-electron chi connectivity index (χ4n) is 2.51. The van der Waals surface area contributed by atoms with Gasteiger partial charge in [0.25, 0.3) is 0 Å². The summed E-state index contributed by atoms with van der Waals surface area (Å²) in [6.07, 6.45) is 1.82. The van der Waals surface area contributed by atoms with Crippen molar-refractivity contribution in [3.05, 3.63) is 93.5 Å². The van der Waals surface area contributed by atoms with Crippen molar-refractivity contribution in [2.75, 3.05) is 0 Å². The van der Waals surface area contributed by atoms with Gasteiger partial charge >= 0.3 is 0 Å². The Labute approximate surface area is 160 Å². The van der Waals surface area contributed by atoms with E-state index in [2.05, 4.69) is 62.2 Å². The van der Waals surface area contributed by atoms with Crippen LogP contribution in [0, 0.1) is 20.8 Å². The van der Waals surface area contributed by atoms with Crippen molar-refractivity contribution in [3.8, 4) is 5.75 Å². The fourth-order valence-corrected chi connectivity index (χ4v) is 2.76. The van der Waals surface area contributed by atoms with E-state index in [9.17, 15) is 0 Å². The van der Waals surface area contributed by atoms with Crippen molar-refractivity contribution in [1.82, 2.24) is 0 Å². The van der Waals surface area contributed by atoms with Gasteiger partial charge < -0.3 is 4.74 Å². The SMILES string of the molecule is Cc1ccc(COc2ccc(C=Nc3ccc(C)c(C)c3)cc2Cl)cc1. The van der Waals surface area contributed by atoms with E-state index in [-0.39, 0.29) is 0 Å². The van der Waals surface area contributed by atoms with Gasteiger partial charge in [-0.3, -0.25) is 4.99 Å². The molecule has 0 aliphatic rings. The highest BCUT2D eigenvalue weighted by Crippen LogP contribution is 2.26. The molecule has 0 spiro atoms. The van der Waals surface area contributed by atoms with Crippen LogP contribution in [0.1, 0.15) is 27.8 Å². The topological polar surface area (TPSA) is 21.6 Å². The van der Waals surface area contributed by atoms with Crippen molar-refractivity contribution in [1.29, 1.82) is 0 Å². The second-order valence-corrected chi connectivity index (χ2v) is 6.90. The summed E-state index contributed by atoms with van der Waals surface area (Å²) in [7, 11) is 0. The first-order chi connectivity index (χ1) is 12.5. The second-order valence-electron chi connectivity index (χ2n) is 6.49. The molecule has 2 nitrogen and oxygen atoms in total. The van der Waals surface area contributed by atoms with Crippen LogP contribution >= 0.6 is 11.6 Å². The molecule has 3 aromatic carbocycles. The van der Waals surface area contributed by atoms with Gasteiger partial charge in [-0.25, -0.2) is 0 Å². The molecule has 132 valence electrons. The van der Waals surface area contributed by atoms with Crippen molar-refractivity contribution < 1.29 is 4.74 Å². The average molecular weight is 364 g/mol. The third-order valence-corrected chi connectivity index (χ3v) is 4.62. The number of halogens is 1. The average Bonchev–Trinajstić information content (AvgIpc) is 2.63. The zero-order chi connectivity index (χ0) is 18.5. The molecule has 3 rings (SSSR count). The van der Waals surface area contributed by atoms with Gasteiger partial charge in [0.1, 0.15) is 12.4 Å². The molecule has 3 heteroatoms. The Balaban J connectivity index is 1.67. The van der Waals surface area contributed by atoms with Crippen LogP contribution in [0.2, 0.25) is 5.02 Å². The summed E-state index contributed by atoms with van der Waals surface area (Å²) in [6, 6.07) is 20.2. The molecular weight excluding hydrogens is 342 g/mol. The van der Waals surface area contributed by atoms with Gasteiger partial charge in [-0.1, -0.05) is 47.5 Å². The first-order valence-electron chi connectivity index (χ1n) is 8.60. The van der Waals surface area contributed by atoms with E-state index >= 15 is 0 Å². The van der Waals surface area contributed by atoms with E-state index < -0.39 is 0 Å². The van der Waals surface area contributed by atoms with Crippen LogP contribution in [0.5, 0.6) is 5.75 Å². The molecule has 0 unspecified atom stereocenters. The minimum absolute atomic E-state index is 0.496. The molecule has 26 heavy (non-hydrogen) atoms. The molecule has 0 bridgehead atoms. The summed E-state index contributed by atoms with van der Waals surface area (Å²) in [5, 5.41) is 0.584. The molecule has 0 fully saturated rings.